The van der Waals surface area contributed by atoms with Crippen molar-refractivity contribution < 1.29 is 4.74 Å². The number of anilines is 1. The molecule has 1 aromatic carbocycles. The zero-order valence-corrected chi connectivity index (χ0v) is 11.1. The van der Waals surface area contributed by atoms with Crippen LogP contribution in [0.5, 0.6) is 5.75 Å². The Balaban J connectivity index is 2.36. The summed E-state index contributed by atoms with van der Waals surface area (Å²) in [5.74, 6) is 1.19. The van der Waals surface area contributed by atoms with Crippen LogP contribution in [0.4, 0.5) is 5.69 Å². The summed E-state index contributed by atoms with van der Waals surface area (Å²) >= 11 is 0. The average molecular weight is 245 g/mol. The van der Waals surface area contributed by atoms with Gasteiger partial charge in [0.05, 0.1) is 18.0 Å². The quantitative estimate of drug-likeness (QED) is 0.842. The summed E-state index contributed by atoms with van der Waals surface area (Å²) < 4.78 is 7.31. The lowest BCUT2D eigenvalue weighted by Crippen LogP contribution is -2.00. The zero-order chi connectivity index (χ0) is 13.1. The number of aromatic nitrogens is 2. The first-order valence-corrected chi connectivity index (χ1v) is 6.19. The van der Waals surface area contributed by atoms with Crippen molar-refractivity contribution >= 4 is 5.69 Å². The Morgan fingerprint density at radius 3 is 2.72 bits per heavy atom. The van der Waals surface area contributed by atoms with E-state index in [-0.39, 0.29) is 0 Å². The molecule has 0 aliphatic rings. The molecule has 96 valence electrons. The van der Waals surface area contributed by atoms with E-state index in [9.17, 15) is 0 Å². The predicted octanol–water partition coefficient (Wildman–Crippen LogP) is 2.98. The molecule has 0 amide bonds. The summed E-state index contributed by atoms with van der Waals surface area (Å²) in [6, 6.07) is 7.67. The standard InChI is InChI=1S/C14H19N3O/c1-4-18-13-8-11(15)7-12(9-13)17-6-5-14(16-17)10(2)3/h5-10H,4,15H2,1-3H3. The summed E-state index contributed by atoms with van der Waals surface area (Å²) in [6.45, 7) is 6.82. The minimum Gasteiger partial charge on any atom is -0.494 e. The second-order valence-electron chi connectivity index (χ2n) is 4.53. The summed E-state index contributed by atoms with van der Waals surface area (Å²) in [5.41, 5.74) is 8.54. The molecule has 0 aliphatic carbocycles. The zero-order valence-electron chi connectivity index (χ0n) is 11.1. The summed E-state index contributed by atoms with van der Waals surface area (Å²) in [7, 11) is 0. The molecule has 0 saturated carbocycles. The maximum absolute atomic E-state index is 5.87. The van der Waals surface area contributed by atoms with Gasteiger partial charge in [-0.3, -0.25) is 0 Å². The fraction of sp³-hybridized carbons (Fsp3) is 0.357. The van der Waals surface area contributed by atoms with Gasteiger partial charge in [0.25, 0.3) is 0 Å². The molecule has 0 aliphatic heterocycles. The molecule has 1 heterocycles. The molecular formula is C14H19N3O. The highest BCUT2D eigenvalue weighted by Crippen LogP contribution is 2.22. The average Bonchev–Trinajstić information content (AvgIpc) is 2.78. The van der Waals surface area contributed by atoms with E-state index >= 15 is 0 Å². The molecular weight excluding hydrogens is 226 g/mol. The van der Waals surface area contributed by atoms with Crippen LogP contribution in [0.2, 0.25) is 0 Å². The van der Waals surface area contributed by atoms with Crippen molar-refractivity contribution in [3.05, 3.63) is 36.2 Å². The molecule has 0 spiro atoms. The van der Waals surface area contributed by atoms with Crippen molar-refractivity contribution in [2.45, 2.75) is 26.7 Å². The molecule has 0 atom stereocenters. The van der Waals surface area contributed by atoms with Crippen LogP contribution in [0.3, 0.4) is 0 Å². The maximum atomic E-state index is 5.87. The minimum atomic E-state index is 0.415. The van der Waals surface area contributed by atoms with E-state index in [1.807, 2.05) is 42.1 Å². The van der Waals surface area contributed by atoms with Gasteiger partial charge >= 0.3 is 0 Å². The van der Waals surface area contributed by atoms with E-state index < -0.39 is 0 Å². The highest BCUT2D eigenvalue weighted by Gasteiger charge is 2.06. The van der Waals surface area contributed by atoms with Crippen LogP contribution >= 0.6 is 0 Å². The van der Waals surface area contributed by atoms with Gasteiger partial charge in [-0.05, 0) is 25.0 Å². The Bertz CT molecular complexity index is 532. The first-order valence-electron chi connectivity index (χ1n) is 6.19. The fourth-order valence-electron chi connectivity index (χ4n) is 1.78. The van der Waals surface area contributed by atoms with Crippen LogP contribution in [-0.4, -0.2) is 16.4 Å². The largest absolute Gasteiger partial charge is 0.494 e. The third-order valence-electron chi connectivity index (χ3n) is 2.69. The highest BCUT2D eigenvalue weighted by atomic mass is 16.5. The molecule has 2 rings (SSSR count). The number of hydrogen-bond acceptors (Lipinski definition) is 3. The summed E-state index contributed by atoms with van der Waals surface area (Å²) in [6.07, 6.45) is 1.94. The molecule has 18 heavy (non-hydrogen) atoms. The van der Waals surface area contributed by atoms with Crippen molar-refractivity contribution in [2.24, 2.45) is 0 Å². The Morgan fingerprint density at radius 2 is 2.11 bits per heavy atom. The Labute approximate surface area is 107 Å². The van der Waals surface area contributed by atoms with Crippen LogP contribution in [0, 0.1) is 0 Å². The van der Waals surface area contributed by atoms with Gasteiger partial charge in [-0.2, -0.15) is 5.10 Å². The van der Waals surface area contributed by atoms with Gasteiger partial charge in [0, 0.05) is 24.0 Å². The van der Waals surface area contributed by atoms with Crippen molar-refractivity contribution in [2.75, 3.05) is 12.3 Å². The summed E-state index contributed by atoms with van der Waals surface area (Å²) in [5, 5.41) is 4.53. The second-order valence-corrected chi connectivity index (χ2v) is 4.53. The number of ether oxygens (including phenoxy) is 1. The first kappa shape index (κ1) is 12.5. The number of benzene rings is 1. The monoisotopic (exact) mass is 245 g/mol. The SMILES string of the molecule is CCOc1cc(N)cc(-n2ccc(C(C)C)n2)c1. The normalized spacial score (nSPS) is 10.9. The Hall–Kier alpha value is -1.97. The molecule has 0 fully saturated rings. The van der Waals surface area contributed by atoms with Gasteiger partial charge < -0.3 is 10.5 Å². The van der Waals surface area contributed by atoms with Gasteiger partial charge in [-0.25, -0.2) is 4.68 Å². The highest BCUT2D eigenvalue weighted by molar-refractivity contribution is 5.53. The van der Waals surface area contributed by atoms with Crippen LogP contribution in [-0.2, 0) is 0 Å². The smallest absolute Gasteiger partial charge is 0.123 e. The van der Waals surface area contributed by atoms with Gasteiger partial charge in [0.15, 0.2) is 0 Å². The van der Waals surface area contributed by atoms with Gasteiger partial charge in [0.1, 0.15) is 5.75 Å². The fourth-order valence-corrected chi connectivity index (χ4v) is 1.78. The lowest BCUT2D eigenvalue weighted by molar-refractivity contribution is 0.340. The lowest BCUT2D eigenvalue weighted by atomic mass is 10.1. The van der Waals surface area contributed by atoms with E-state index in [0.29, 0.717) is 18.2 Å². The maximum Gasteiger partial charge on any atom is 0.123 e. The number of rotatable bonds is 4. The molecule has 1 aromatic heterocycles. The minimum absolute atomic E-state index is 0.415. The molecule has 2 aromatic rings. The van der Waals surface area contributed by atoms with E-state index in [1.54, 1.807) is 0 Å². The van der Waals surface area contributed by atoms with E-state index in [1.165, 1.54) is 0 Å². The van der Waals surface area contributed by atoms with Crippen LogP contribution in [0.15, 0.2) is 30.5 Å². The first-order chi connectivity index (χ1) is 8.60. The number of nitrogen functional groups attached to an aromatic ring is 1. The van der Waals surface area contributed by atoms with Gasteiger partial charge in [-0.15, -0.1) is 0 Å². The predicted molar refractivity (Wildman–Crippen MR) is 73.2 cm³/mol. The molecule has 0 bridgehead atoms. The molecule has 4 nitrogen and oxygen atoms in total. The van der Waals surface area contributed by atoms with E-state index in [4.69, 9.17) is 10.5 Å². The molecule has 0 unspecified atom stereocenters. The Morgan fingerprint density at radius 1 is 1.33 bits per heavy atom. The van der Waals surface area contributed by atoms with Gasteiger partial charge in [0.2, 0.25) is 0 Å². The van der Waals surface area contributed by atoms with E-state index in [0.717, 1.165) is 17.1 Å². The number of hydrogen-bond donors (Lipinski definition) is 1. The molecule has 2 N–H and O–H groups in total. The second kappa shape index (κ2) is 5.12. The molecule has 0 radical (unpaired) electrons. The van der Waals surface area contributed by atoms with Crippen LogP contribution < -0.4 is 10.5 Å². The van der Waals surface area contributed by atoms with Crippen molar-refractivity contribution in [3.63, 3.8) is 0 Å². The van der Waals surface area contributed by atoms with Crippen molar-refractivity contribution in [3.8, 4) is 11.4 Å². The summed E-state index contributed by atoms with van der Waals surface area (Å²) in [4.78, 5) is 0. The lowest BCUT2D eigenvalue weighted by Gasteiger charge is -2.08. The van der Waals surface area contributed by atoms with Crippen molar-refractivity contribution in [1.29, 1.82) is 0 Å². The third-order valence-corrected chi connectivity index (χ3v) is 2.69. The van der Waals surface area contributed by atoms with Gasteiger partial charge in [-0.1, -0.05) is 13.8 Å². The van der Waals surface area contributed by atoms with Crippen LogP contribution in [0.1, 0.15) is 32.4 Å². The molecule has 4 heteroatoms. The van der Waals surface area contributed by atoms with Crippen LogP contribution in [0.25, 0.3) is 5.69 Å². The molecule has 0 saturated heterocycles. The topological polar surface area (TPSA) is 53.1 Å². The number of nitrogens with zero attached hydrogens (tertiary/aromatic N) is 2. The number of nitrogens with two attached hydrogens (primary N) is 1. The third kappa shape index (κ3) is 2.64. The van der Waals surface area contributed by atoms with E-state index in [2.05, 4.69) is 18.9 Å². The van der Waals surface area contributed by atoms with Crippen molar-refractivity contribution in [1.82, 2.24) is 9.78 Å². The Kier molecular flexibility index (Phi) is 3.55.